The second-order valence-electron chi connectivity index (χ2n) is 8.25. The lowest BCUT2D eigenvalue weighted by Gasteiger charge is -2.28. The first kappa shape index (κ1) is 22.6. The van der Waals surface area contributed by atoms with E-state index in [2.05, 4.69) is 0 Å². The summed E-state index contributed by atoms with van der Waals surface area (Å²) in [5.74, 6) is -5.69. The van der Waals surface area contributed by atoms with Crippen molar-refractivity contribution in [3.8, 4) is 11.8 Å². The Morgan fingerprint density at radius 3 is 2.61 bits per heavy atom. The molecule has 2 aromatic carbocycles. The number of rotatable bonds is 5. The number of carbonyl (C=O) groups is 2. The molecule has 2 aliphatic rings. The van der Waals surface area contributed by atoms with Crippen LogP contribution in [0.3, 0.4) is 0 Å². The molecular weight excluding hydrogens is 435 g/mol. The van der Waals surface area contributed by atoms with Crippen LogP contribution in [-0.2, 0) is 11.4 Å². The van der Waals surface area contributed by atoms with Crippen LogP contribution < -0.4 is 4.74 Å². The predicted molar refractivity (Wildman–Crippen MR) is 112 cm³/mol. The molecule has 33 heavy (non-hydrogen) atoms. The summed E-state index contributed by atoms with van der Waals surface area (Å²) >= 11 is 0. The molecule has 2 unspecified atom stereocenters. The Morgan fingerprint density at radius 2 is 1.91 bits per heavy atom. The van der Waals surface area contributed by atoms with E-state index in [1.807, 2.05) is 36.4 Å². The van der Waals surface area contributed by atoms with Crippen LogP contribution in [0.4, 0.5) is 13.2 Å². The van der Waals surface area contributed by atoms with E-state index in [1.165, 1.54) is 17.0 Å². The molecule has 2 atom stereocenters. The Labute approximate surface area is 189 Å². The van der Waals surface area contributed by atoms with Gasteiger partial charge in [-0.25, -0.2) is 13.2 Å². The van der Waals surface area contributed by atoms with Gasteiger partial charge in [-0.1, -0.05) is 30.3 Å². The van der Waals surface area contributed by atoms with Gasteiger partial charge in [0.2, 0.25) is 5.91 Å². The second-order valence-corrected chi connectivity index (χ2v) is 8.25. The van der Waals surface area contributed by atoms with Crippen molar-refractivity contribution in [3.05, 3.63) is 65.5 Å². The summed E-state index contributed by atoms with van der Waals surface area (Å²) in [6.45, 7) is -0.541. The number of carbonyl (C=O) groups excluding carboxylic acids is 2. The average molecular weight is 457 g/mol. The number of halogens is 3. The van der Waals surface area contributed by atoms with Crippen LogP contribution in [0.1, 0.15) is 35.2 Å². The fourth-order valence-corrected chi connectivity index (χ4v) is 4.26. The number of hydrogen-bond acceptors (Lipinski definition) is 4. The summed E-state index contributed by atoms with van der Waals surface area (Å²) in [6, 6.07) is 12.5. The lowest BCUT2D eigenvalue weighted by molar-refractivity contribution is -0.135. The van der Waals surface area contributed by atoms with Crippen molar-refractivity contribution in [2.45, 2.75) is 43.9 Å². The SMILES string of the molecule is N#CC1CCCN1C(=O)C1CC(F)(F)CN1C(=O)c1ccc(OCc2ccccc2)c(F)c1. The molecule has 2 heterocycles. The third-order valence-corrected chi connectivity index (χ3v) is 5.92. The lowest BCUT2D eigenvalue weighted by Crippen LogP contribution is -2.49. The number of benzene rings is 2. The highest BCUT2D eigenvalue weighted by Crippen LogP contribution is 2.35. The van der Waals surface area contributed by atoms with Gasteiger partial charge in [0.25, 0.3) is 11.8 Å². The third-order valence-electron chi connectivity index (χ3n) is 5.92. The maximum absolute atomic E-state index is 14.6. The van der Waals surface area contributed by atoms with Crippen LogP contribution in [-0.4, -0.2) is 52.7 Å². The number of hydrogen-bond donors (Lipinski definition) is 0. The molecule has 0 spiro atoms. The van der Waals surface area contributed by atoms with E-state index in [4.69, 9.17) is 4.74 Å². The van der Waals surface area contributed by atoms with Gasteiger partial charge in [0.15, 0.2) is 11.6 Å². The monoisotopic (exact) mass is 457 g/mol. The van der Waals surface area contributed by atoms with E-state index in [-0.39, 0.29) is 24.5 Å². The van der Waals surface area contributed by atoms with Gasteiger partial charge in [-0.3, -0.25) is 9.59 Å². The summed E-state index contributed by atoms with van der Waals surface area (Å²) < 4.78 is 48.5. The van der Waals surface area contributed by atoms with Crippen LogP contribution in [0.2, 0.25) is 0 Å². The van der Waals surface area contributed by atoms with Crippen molar-refractivity contribution in [2.75, 3.05) is 13.1 Å². The van der Waals surface area contributed by atoms with Gasteiger partial charge in [0.1, 0.15) is 18.7 Å². The maximum Gasteiger partial charge on any atom is 0.267 e. The van der Waals surface area contributed by atoms with Gasteiger partial charge in [0, 0.05) is 18.5 Å². The average Bonchev–Trinajstić information content (AvgIpc) is 3.41. The maximum atomic E-state index is 14.6. The highest BCUT2D eigenvalue weighted by Gasteiger charge is 2.52. The van der Waals surface area contributed by atoms with Crippen LogP contribution >= 0.6 is 0 Å². The molecular formula is C24H22F3N3O3. The summed E-state index contributed by atoms with van der Waals surface area (Å²) in [7, 11) is 0. The molecule has 2 amide bonds. The van der Waals surface area contributed by atoms with E-state index in [0.717, 1.165) is 16.5 Å². The normalized spacial score (nSPS) is 21.6. The van der Waals surface area contributed by atoms with Gasteiger partial charge in [-0.15, -0.1) is 0 Å². The number of nitrogens with zero attached hydrogens (tertiary/aromatic N) is 3. The van der Waals surface area contributed by atoms with E-state index in [1.54, 1.807) is 0 Å². The van der Waals surface area contributed by atoms with Gasteiger partial charge in [0.05, 0.1) is 12.6 Å². The topological polar surface area (TPSA) is 73.6 Å². The van der Waals surface area contributed by atoms with E-state index >= 15 is 0 Å². The molecule has 9 heteroatoms. The standard InChI is InChI=1S/C24H22F3N3O3/c25-19-11-17(8-9-21(19)33-14-16-5-2-1-3-6-16)22(31)30-15-24(26,27)12-20(30)23(32)29-10-4-7-18(29)13-28/h1-3,5-6,8-9,11,18,20H,4,7,10,12,14-15H2. The Bertz CT molecular complexity index is 1090. The first-order valence-corrected chi connectivity index (χ1v) is 10.6. The molecule has 2 aromatic rings. The highest BCUT2D eigenvalue weighted by molar-refractivity contribution is 5.98. The first-order chi connectivity index (χ1) is 15.8. The molecule has 4 rings (SSSR count). The second kappa shape index (κ2) is 9.14. The van der Waals surface area contributed by atoms with Gasteiger partial charge < -0.3 is 14.5 Å². The van der Waals surface area contributed by atoms with Gasteiger partial charge in [-0.2, -0.15) is 5.26 Å². The third kappa shape index (κ3) is 4.80. The largest absolute Gasteiger partial charge is 0.486 e. The lowest BCUT2D eigenvalue weighted by atomic mass is 10.1. The van der Waals surface area contributed by atoms with Crippen molar-refractivity contribution in [3.63, 3.8) is 0 Å². The van der Waals surface area contributed by atoms with Crippen LogP contribution in [0.15, 0.2) is 48.5 Å². The minimum Gasteiger partial charge on any atom is -0.486 e. The van der Waals surface area contributed by atoms with Crippen LogP contribution in [0.25, 0.3) is 0 Å². The molecule has 0 N–H and O–H groups in total. The minimum absolute atomic E-state index is 0.0799. The zero-order valence-corrected chi connectivity index (χ0v) is 17.7. The Hall–Kier alpha value is -3.54. The fourth-order valence-electron chi connectivity index (χ4n) is 4.26. The van der Waals surface area contributed by atoms with Crippen molar-refractivity contribution < 1.29 is 27.5 Å². The molecule has 0 saturated carbocycles. The van der Waals surface area contributed by atoms with Gasteiger partial charge in [-0.05, 0) is 36.6 Å². The minimum atomic E-state index is -3.25. The summed E-state index contributed by atoms with van der Waals surface area (Å²) in [6.07, 6.45) is 0.235. The Kier molecular flexibility index (Phi) is 6.27. The van der Waals surface area contributed by atoms with Gasteiger partial charge >= 0.3 is 0 Å². The molecule has 172 valence electrons. The predicted octanol–water partition coefficient (Wildman–Crippen LogP) is 3.77. The van der Waals surface area contributed by atoms with Crippen LogP contribution in [0.5, 0.6) is 5.75 Å². The molecule has 2 saturated heterocycles. The zero-order valence-electron chi connectivity index (χ0n) is 17.7. The fraction of sp³-hybridized carbons (Fsp3) is 0.375. The summed E-state index contributed by atoms with van der Waals surface area (Å²) in [5, 5.41) is 9.23. The quantitative estimate of drug-likeness (QED) is 0.685. The number of amides is 2. The Balaban J connectivity index is 1.51. The highest BCUT2D eigenvalue weighted by atomic mass is 19.3. The molecule has 0 bridgehead atoms. The zero-order chi connectivity index (χ0) is 23.6. The number of likely N-dealkylation sites (tertiary alicyclic amines) is 2. The Morgan fingerprint density at radius 1 is 1.15 bits per heavy atom. The molecule has 2 aliphatic heterocycles. The number of ether oxygens (including phenoxy) is 1. The smallest absolute Gasteiger partial charge is 0.267 e. The molecule has 2 fully saturated rings. The van der Waals surface area contributed by atoms with Crippen LogP contribution in [0, 0.1) is 17.1 Å². The first-order valence-electron chi connectivity index (χ1n) is 10.6. The van der Waals surface area contributed by atoms with E-state index in [0.29, 0.717) is 12.8 Å². The van der Waals surface area contributed by atoms with Crippen molar-refractivity contribution in [1.82, 2.24) is 9.80 Å². The number of alkyl halides is 2. The summed E-state index contributed by atoms with van der Waals surface area (Å²) in [5.41, 5.74) is 0.670. The van der Waals surface area contributed by atoms with E-state index < -0.39 is 48.6 Å². The van der Waals surface area contributed by atoms with Crippen molar-refractivity contribution >= 4 is 11.8 Å². The number of nitriles is 1. The summed E-state index contributed by atoms with van der Waals surface area (Å²) in [4.78, 5) is 28.0. The van der Waals surface area contributed by atoms with E-state index in [9.17, 15) is 28.0 Å². The van der Waals surface area contributed by atoms with Crippen molar-refractivity contribution in [2.24, 2.45) is 0 Å². The molecule has 0 radical (unpaired) electrons. The van der Waals surface area contributed by atoms with Crippen molar-refractivity contribution in [1.29, 1.82) is 5.26 Å². The molecule has 0 aromatic heterocycles. The molecule has 0 aliphatic carbocycles. The molecule has 6 nitrogen and oxygen atoms in total.